The van der Waals surface area contributed by atoms with E-state index in [1.54, 1.807) is 30.3 Å². The first-order valence-electron chi connectivity index (χ1n) is 24.8. The maximum atomic E-state index is 9.73. The Morgan fingerprint density at radius 3 is 1.89 bits per heavy atom. The van der Waals surface area contributed by atoms with Crippen molar-refractivity contribution in [3.63, 3.8) is 0 Å². The van der Waals surface area contributed by atoms with Crippen molar-refractivity contribution in [2.75, 3.05) is 4.90 Å². The van der Waals surface area contributed by atoms with Gasteiger partial charge in [0.25, 0.3) is 0 Å². The Kier molecular flexibility index (Phi) is 4.32. The molecule has 0 aliphatic heterocycles. The minimum Gasteiger partial charge on any atom is -0.455 e. The molecule has 0 aliphatic carbocycles. The zero-order chi connectivity index (χ0) is 48.6. The first kappa shape index (κ1) is 19.1. The van der Waals surface area contributed by atoms with Gasteiger partial charge in [-0.3, -0.25) is 0 Å². The Labute approximate surface area is 333 Å². The third-order valence-electron chi connectivity index (χ3n) is 9.87. The molecule has 0 amide bonds. The quantitative estimate of drug-likeness (QED) is 0.166. The fourth-order valence-electron chi connectivity index (χ4n) is 7.35. The molecule has 0 aliphatic rings. The normalized spacial score (nSPS) is 15.6. The highest BCUT2D eigenvalue weighted by Crippen LogP contribution is 2.45. The van der Waals surface area contributed by atoms with E-state index in [9.17, 15) is 11.0 Å². The average Bonchev–Trinajstić information content (AvgIpc) is 3.75. The van der Waals surface area contributed by atoms with Crippen LogP contribution >= 0.6 is 0 Å². The van der Waals surface area contributed by atoms with Crippen molar-refractivity contribution in [2.24, 2.45) is 0 Å². The van der Waals surface area contributed by atoms with E-state index in [4.69, 9.17) is 14.0 Å². The maximum Gasteiger partial charge on any atom is 0.143 e. The summed E-state index contributed by atoms with van der Waals surface area (Å²) in [5, 5.41) is 5.46. The first-order valence-corrected chi connectivity index (χ1v) is 17.3. The molecule has 0 saturated heterocycles. The number of anilines is 3. The van der Waals surface area contributed by atoms with Crippen molar-refractivity contribution < 1.29 is 25.0 Å². The van der Waals surface area contributed by atoms with E-state index in [1.165, 1.54) is 4.90 Å². The van der Waals surface area contributed by atoms with E-state index in [2.05, 4.69) is 0 Å². The summed E-state index contributed by atoms with van der Waals surface area (Å²) >= 11 is 0. The number of furan rings is 1. The summed E-state index contributed by atoms with van der Waals surface area (Å²) in [4.78, 5) is 1.17. The summed E-state index contributed by atoms with van der Waals surface area (Å²) in [5.74, 6) is 0. The van der Waals surface area contributed by atoms with Crippen molar-refractivity contribution in [2.45, 2.75) is 0 Å². The summed E-state index contributed by atoms with van der Waals surface area (Å²) in [6, 6.07) is 23.1. The predicted octanol–water partition coefficient (Wildman–Crippen LogP) is 15.0. The zero-order valence-electron chi connectivity index (χ0n) is 43.2. The number of hydrogen-bond donors (Lipinski definition) is 0. The summed E-state index contributed by atoms with van der Waals surface area (Å²) in [7, 11) is 0. The van der Waals surface area contributed by atoms with Crippen LogP contribution in [0.2, 0.25) is 0 Å². The Hall–Kier alpha value is -7.16. The van der Waals surface area contributed by atoms with Gasteiger partial charge in [-0.05, 0) is 108 Å². The highest BCUT2D eigenvalue weighted by atomic mass is 16.3. The fraction of sp³-hybridized carbons (Fsp3) is 0. The van der Waals surface area contributed by atoms with Gasteiger partial charge >= 0.3 is 0 Å². The van der Waals surface area contributed by atoms with E-state index in [-0.39, 0.29) is 11.3 Å². The maximum absolute atomic E-state index is 9.73. The van der Waals surface area contributed by atoms with Crippen LogP contribution in [0, 0.1) is 0 Å². The zero-order valence-corrected chi connectivity index (χ0v) is 28.2. The molecule has 252 valence electrons. The van der Waals surface area contributed by atoms with Crippen LogP contribution in [0.3, 0.4) is 0 Å². The number of fused-ring (bicyclic) bond motifs is 9. The fourth-order valence-corrected chi connectivity index (χ4v) is 7.35. The third kappa shape index (κ3) is 4.88. The SMILES string of the molecule is [2H]c1c([2H])c(N(c2c([2H])c([2H])c(-c3c([2H])c([2H])c([2H])c4c([2H])c([2H])c([2H])c([2H])c34)c([2H])c2[2H])c2cccc3oc4c5ccccc5ccc4c23)c([2H])c([2H])c1-c1ccc2c(ccc3ccccc32)c1. The highest BCUT2D eigenvalue weighted by molar-refractivity contribution is 6.19. The van der Waals surface area contributed by atoms with Crippen molar-refractivity contribution >= 4 is 82.1 Å². The number of hydrogen-bond acceptors (Lipinski definition) is 2. The topological polar surface area (TPSA) is 16.4 Å². The molecule has 11 aromatic rings. The largest absolute Gasteiger partial charge is 0.455 e. The van der Waals surface area contributed by atoms with Crippen LogP contribution < -0.4 is 4.90 Å². The van der Waals surface area contributed by atoms with Gasteiger partial charge < -0.3 is 9.32 Å². The molecule has 0 N–H and O–H groups in total. The van der Waals surface area contributed by atoms with Gasteiger partial charge in [0.2, 0.25) is 0 Å². The smallest absolute Gasteiger partial charge is 0.143 e. The van der Waals surface area contributed by atoms with Crippen molar-refractivity contribution in [3.05, 3.63) is 200 Å². The van der Waals surface area contributed by atoms with Gasteiger partial charge in [0, 0.05) is 22.1 Å². The van der Waals surface area contributed by atoms with Gasteiger partial charge in [-0.25, -0.2) is 0 Å². The Morgan fingerprint density at radius 1 is 0.407 bits per heavy atom. The molecule has 0 bridgehead atoms. The van der Waals surface area contributed by atoms with Crippen LogP contribution in [0.4, 0.5) is 17.1 Å². The lowest BCUT2D eigenvalue weighted by atomic mass is 9.97. The van der Waals surface area contributed by atoms with Gasteiger partial charge in [-0.2, -0.15) is 0 Å². The third-order valence-corrected chi connectivity index (χ3v) is 9.87. The van der Waals surface area contributed by atoms with Crippen LogP contribution in [-0.4, -0.2) is 0 Å². The molecule has 0 radical (unpaired) electrons. The van der Waals surface area contributed by atoms with Crippen molar-refractivity contribution in [1.82, 2.24) is 0 Å². The molecule has 2 heteroatoms. The summed E-state index contributed by atoms with van der Waals surface area (Å²) in [6.45, 7) is 0. The van der Waals surface area contributed by atoms with Gasteiger partial charge in [-0.1, -0.05) is 151 Å². The van der Waals surface area contributed by atoms with E-state index >= 15 is 0 Å². The molecular weight excluding hydrogens is 655 g/mol. The Morgan fingerprint density at radius 2 is 1.06 bits per heavy atom. The molecule has 1 aromatic heterocycles. The van der Waals surface area contributed by atoms with Crippen LogP contribution in [0.25, 0.3) is 87.3 Å². The molecule has 11 rings (SSSR count). The summed E-state index contributed by atoms with van der Waals surface area (Å²) in [5.41, 5.74) is -0.709. The summed E-state index contributed by atoms with van der Waals surface area (Å²) < 4.78 is 144. The van der Waals surface area contributed by atoms with Crippen molar-refractivity contribution in [3.8, 4) is 22.3 Å². The summed E-state index contributed by atoms with van der Waals surface area (Å²) in [6.07, 6.45) is 0. The second-order valence-electron chi connectivity index (χ2n) is 12.9. The molecule has 0 fully saturated rings. The van der Waals surface area contributed by atoms with Crippen LogP contribution in [-0.2, 0) is 0 Å². The lowest BCUT2D eigenvalue weighted by Gasteiger charge is -2.27. The molecule has 0 atom stereocenters. The highest BCUT2D eigenvalue weighted by Gasteiger charge is 2.21. The van der Waals surface area contributed by atoms with Crippen LogP contribution in [0.15, 0.2) is 204 Å². The van der Waals surface area contributed by atoms with Gasteiger partial charge in [0.1, 0.15) is 11.2 Å². The lowest BCUT2D eigenvalue weighted by Crippen LogP contribution is -2.10. The minimum atomic E-state index is -0.805. The van der Waals surface area contributed by atoms with E-state index < -0.39 is 124 Å². The molecule has 0 saturated carbocycles. The molecule has 2 nitrogen and oxygen atoms in total. The molecule has 1 heterocycles. The Bertz CT molecular complexity index is 4040. The molecule has 10 aromatic carbocycles. The van der Waals surface area contributed by atoms with E-state index in [0.29, 0.717) is 27.5 Å². The molecule has 0 spiro atoms. The van der Waals surface area contributed by atoms with E-state index in [0.717, 1.165) is 32.3 Å². The molecule has 0 unspecified atom stereocenters. The molecule has 54 heavy (non-hydrogen) atoms. The lowest BCUT2D eigenvalue weighted by molar-refractivity contribution is 0.672. The Balaban J connectivity index is 1.23. The van der Waals surface area contributed by atoms with E-state index in [1.807, 2.05) is 78.9 Å². The number of nitrogens with zero attached hydrogens (tertiary/aromatic N) is 1. The van der Waals surface area contributed by atoms with Gasteiger partial charge in [-0.15, -0.1) is 0 Å². The second-order valence-corrected chi connectivity index (χ2v) is 12.9. The number of rotatable bonds is 5. The van der Waals surface area contributed by atoms with Gasteiger partial charge in [0.05, 0.1) is 31.6 Å². The first-order chi connectivity index (χ1) is 33.0. The van der Waals surface area contributed by atoms with Gasteiger partial charge in [0.15, 0.2) is 0 Å². The monoisotopic (exact) mass is 702 g/mol. The van der Waals surface area contributed by atoms with Crippen LogP contribution in [0.1, 0.15) is 20.6 Å². The van der Waals surface area contributed by atoms with Crippen molar-refractivity contribution in [1.29, 1.82) is 0 Å². The molecular formula is C52H33NO. The minimum absolute atomic E-state index is 0.0134. The number of benzene rings is 10. The predicted molar refractivity (Wildman–Crippen MR) is 229 cm³/mol. The van der Waals surface area contributed by atoms with Crippen LogP contribution in [0.5, 0.6) is 0 Å². The second kappa shape index (κ2) is 12.2. The standard InChI is InChI=1S/C52H33NO/c1-4-13-43-35(9-1)12-7-16-45(43)38-23-29-42(30-24-38)53(49-17-8-18-50-51(49)48-32-25-37-11-3-6-15-47(37)52(48)54-50)41-27-21-34(22-28-41)39-26-31-46-40(33-39)20-19-36-10-2-5-14-44(36)46/h1-33H/i1D,4D,7D,9D,12D,13D,16D,21D,22D,23D,24D,27D,28D,29D,30D. The average molecular weight is 703 g/mol.